The molecule has 1 N–H and O–H groups in total. The predicted octanol–water partition coefficient (Wildman–Crippen LogP) is 6.06. The van der Waals surface area contributed by atoms with Crippen molar-refractivity contribution >= 4 is 39.1 Å². The topological polar surface area (TPSA) is 86.8 Å². The molecule has 3 aromatic carbocycles. The summed E-state index contributed by atoms with van der Waals surface area (Å²) in [5.74, 6) is -0.404. The molecule has 2 amide bonds. The van der Waals surface area contributed by atoms with Gasteiger partial charge in [0.1, 0.15) is 6.04 Å². The molecule has 226 valence electrons. The third-order valence-corrected chi connectivity index (χ3v) is 8.58. The van der Waals surface area contributed by atoms with Gasteiger partial charge >= 0.3 is 0 Å². The largest absolute Gasteiger partial charge is 0.354 e. The monoisotopic (exact) mass is 611 g/mol. The Balaban J connectivity index is 1.88. The van der Waals surface area contributed by atoms with Crippen LogP contribution in [0, 0.1) is 13.8 Å². The van der Waals surface area contributed by atoms with Gasteiger partial charge in [0.25, 0.3) is 0 Å². The van der Waals surface area contributed by atoms with Gasteiger partial charge in [0.05, 0.1) is 11.9 Å². The van der Waals surface area contributed by atoms with Crippen molar-refractivity contribution in [3.05, 3.63) is 100 Å². The van der Waals surface area contributed by atoms with Crippen molar-refractivity contribution in [2.24, 2.45) is 0 Å². The quantitative estimate of drug-likeness (QED) is 0.212. The molecule has 0 fully saturated rings. The number of nitrogens with zero attached hydrogens (tertiary/aromatic N) is 2. The van der Waals surface area contributed by atoms with Gasteiger partial charge in [-0.05, 0) is 55.5 Å². The van der Waals surface area contributed by atoms with Gasteiger partial charge in [0.15, 0.2) is 0 Å². The molecule has 0 saturated carbocycles. The minimum Gasteiger partial charge on any atom is -0.354 e. The molecule has 0 heterocycles. The first-order valence-electron chi connectivity index (χ1n) is 14.4. The van der Waals surface area contributed by atoms with Crippen molar-refractivity contribution in [3.63, 3.8) is 0 Å². The molecule has 0 radical (unpaired) electrons. The number of halogens is 1. The molecule has 0 bridgehead atoms. The van der Waals surface area contributed by atoms with Gasteiger partial charge in [0, 0.05) is 37.5 Å². The lowest BCUT2D eigenvalue weighted by Crippen LogP contribution is -2.50. The average molecular weight is 612 g/mol. The van der Waals surface area contributed by atoms with Crippen LogP contribution in [0.1, 0.15) is 54.9 Å². The van der Waals surface area contributed by atoms with E-state index in [1.165, 1.54) is 4.31 Å². The molecule has 0 aromatic heterocycles. The molecule has 7 nitrogen and oxygen atoms in total. The second-order valence-corrected chi connectivity index (χ2v) is 13.1. The number of rotatable bonds is 15. The maximum Gasteiger partial charge on any atom is 0.243 e. The molecule has 0 aliphatic rings. The molecule has 3 rings (SSSR count). The number of hydrogen-bond donors (Lipinski definition) is 1. The molecule has 1 unspecified atom stereocenters. The highest BCUT2D eigenvalue weighted by molar-refractivity contribution is 7.92. The summed E-state index contributed by atoms with van der Waals surface area (Å²) in [5.41, 5.74) is 4.23. The molecule has 0 saturated heterocycles. The van der Waals surface area contributed by atoms with Crippen molar-refractivity contribution in [3.8, 4) is 0 Å². The van der Waals surface area contributed by atoms with E-state index in [1.54, 1.807) is 23.1 Å². The van der Waals surface area contributed by atoms with Gasteiger partial charge in [-0.25, -0.2) is 8.42 Å². The molecule has 9 heteroatoms. The van der Waals surface area contributed by atoms with E-state index in [1.807, 2.05) is 68.4 Å². The Morgan fingerprint density at radius 3 is 2.26 bits per heavy atom. The predicted molar refractivity (Wildman–Crippen MR) is 171 cm³/mol. The number of unbranched alkanes of at least 4 members (excludes halogenated alkanes) is 1. The van der Waals surface area contributed by atoms with Crippen molar-refractivity contribution in [1.82, 2.24) is 10.2 Å². The Kier molecular flexibility index (Phi) is 12.4. The van der Waals surface area contributed by atoms with Crippen molar-refractivity contribution in [2.45, 2.75) is 65.5 Å². The summed E-state index contributed by atoms with van der Waals surface area (Å²) >= 11 is 6.18. The van der Waals surface area contributed by atoms with Crippen LogP contribution >= 0.6 is 11.6 Å². The molecule has 42 heavy (non-hydrogen) atoms. The highest BCUT2D eigenvalue weighted by Crippen LogP contribution is 2.27. The van der Waals surface area contributed by atoms with Crippen LogP contribution in [0.25, 0.3) is 0 Å². The van der Waals surface area contributed by atoms with Gasteiger partial charge in [-0.2, -0.15) is 0 Å². The van der Waals surface area contributed by atoms with E-state index < -0.39 is 16.1 Å². The van der Waals surface area contributed by atoms with Crippen molar-refractivity contribution < 1.29 is 18.0 Å². The van der Waals surface area contributed by atoms with E-state index >= 15 is 0 Å². The maximum atomic E-state index is 13.9. The minimum absolute atomic E-state index is 0.0744. The summed E-state index contributed by atoms with van der Waals surface area (Å²) in [6, 6.07) is 22.0. The van der Waals surface area contributed by atoms with Gasteiger partial charge in [-0.3, -0.25) is 13.9 Å². The van der Waals surface area contributed by atoms with Crippen molar-refractivity contribution in [1.29, 1.82) is 0 Å². The van der Waals surface area contributed by atoms with Crippen LogP contribution in [-0.2, 0) is 32.6 Å². The smallest absolute Gasteiger partial charge is 0.243 e. The van der Waals surface area contributed by atoms with Gasteiger partial charge in [-0.1, -0.05) is 91.2 Å². The van der Waals surface area contributed by atoms with Gasteiger partial charge in [0.2, 0.25) is 21.8 Å². The molecular weight excluding hydrogens is 570 g/mol. The summed E-state index contributed by atoms with van der Waals surface area (Å²) < 4.78 is 26.8. The summed E-state index contributed by atoms with van der Waals surface area (Å²) in [5, 5.41) is 3.46. The molecule has 0 aliphatic heterocycles. The van der Waals surface area contributed by atoms with Crippen LogP contribution in [0.3, 0.4) is 0 Å². The standard InChI is InChI=1S/C33H42ClN3O4S/c1-5-6-20-35-33(39)31(22-27-11-8-7-9-12-27)36(24-28-17-14-25(2)15-18-28)32(38)13-10-21-37(42(4,40)41)30-23-29(34)19-16-26(30)3/h7-9,11-12,14-19,23,31H,5-6,10,13,20-22,24H2,1-4H3,(H,35,39). The number of aryl methyl sites for hydroxylation is 2. The molecular formula is C33H42ClN3O4S. The number of nitrogens with one attached hydrogen (secondary N) is 1. The summed E-state index contributed by atoms with van der Waals surface area (Å²) in [7, 11) is -3.63. The van der Waals surface area contributed by atoms with E-state index in [4.69, 9.17) is 11.6 Å². The second kappa shape index (κ2) is 15.8. The second-order valence-electron chi connectivity index (χ2n) is 10.7. The van der Waals surface area contributed by atoms with Crippen LogP contribution in [0.2, 0.25) is 5.02 Å². The summed E-state index contributed by atoms with van der Waals surface area (Å²) in [4.78, 5) is 29.1. The lowest BCUT2D eigenvalue weighted by Gasteiger charge is -2.32. The Morgan fingerprint density at radius 2 is 1.62 bits per heavy atom. The van der Waals surface area contributed by atoms with E-state index in [-0.39, 0.29) is 37.7 Å². The first kappa shape index (κ1) is 33.1. The molecule has 0 spiro atoms. The van der Waals surface area contributed by atoms with E-state index in [9.17, 15) is 18.0 Å². The first-order valence-corrected chi connectivity index (χ1v) is 16.6. The number of benzene rings is 3. The zero-order valence-electron chi connectivity index (χ0n) is 25.0. The Hall–Kier alpha value is -3.36. The highest BCUT2D eigenvalue weighted by atomic mass is 35.5. The highest BCUT2D eigenvalue weighted by Gasteiger charge is 2.30. The van der Waals surface area contributed by atoms with Crippen LogP contribution in [0.5, 0.6) is 0 Å². The molecule has 0 aliphatic carbocycles. The maximum absolute atomic E-state index is 13.9. The number of anilines is 1. The number of carbonyl (C=O) groups is 2. The fourth-order valence-electron chi connectivity index (χ4n) is 4.78. The zero-order valence-corrected chi connectivity index (χ0v) is 26.5. The summed E-state index contributed by atoms with van der Waals surface area (Å²) in [6.45, 7) is 6.79. The Labute approximate surface area is 255 Å². The Morgan fingerprint density at radius 1 is 0.929 bits per heavy atom. The van der Waals surface area contributed by atoms with Crippen LogP contribution in [-0.4, -0.2) is 50.5 Å². The number of hydrogen-bond acceptors (Lipinski definition) is 4. The SMILES string of the molecule is CCCCNC(=O)C(Cc1ccccc1)N(Cc1ccc(C)cc1)C(=O)CCCN(c1cc(Cl)ccc1C)S(C)(=O)=O. The van der Waals surface area contributed by atoms with Crippen molar-refractivity contribution in [2.75, 3.05) is 23.7 Å². The fourth-order valence-corrected chi connectivity index (χ4v) is 5.97. The van der Waals surface area contributed by atoms with E-state index in [0.29, 0.717) is 23.7 Å². The van der Waals surface area contributed by atoms with E-state index in [2.05, 4.69) is 12.2 Å². The van der Waals surface area contributed by atoms with Gasteiger partial charge < -0.3 is 10.2 Å². The average Bonchev–Trinajstić information content (AvgIpc) is 2.95. The number of amides is 2. The van der Waals surface area contributed by atoms with E-state index in [0.717, 1.165) is 41.4 Å². The molecule has 1 atom stereocenters. The third-order valence-electron chi connectivity index (χ3n) is 7.17. The fraction of sp³-hybridized carbons (Fsp3) is 0.394. The number of carbonyl (C=O) groups excluding carboxylic acids is 2. The van der Waals surface area contributed by atoms with Gasteiger partial charge in [-0.15, -0.1) is 0 Å². The lowest BCUT2D eigenvalue weighted by molar-refractivity contribution is -0.141. The Bertz CT molecular complexity index is 1430. The summed E-state index contributed by atoms with van der Waals surface area (Å²) in [6.07, 6.45) is 3.66. The third kappa shape index (κ3) is 9.88. The van der Waals surface area contributed by atoms with Crippen LogP contribution in [0.15, 0.2) is 72.8 Å². The normalized spacial score (nSPS) is 12.0. The number of sulfonamides is 1. The minimum atomic E-state index is -3.63. The first-order chi connectivity index (χ1) is 20.0. The van der Waals surface area contributed by atoms with Crippen LogP contribution < -0.4 is 9.62 Å². The van der Waals surface area contributed by atoms with Crippen LogP contribution in [0.4, 0.5) is 5.69 Å². The molecule has 3 aromatic rings. The zero-order chi connectivity index (χ0) is 30.7. The lowest BCUT2D eigenvalue weighted by atomic mass is 10.0.